The van der Waals surface area contributed by atoms with E-state index in [9.17, 15) is 9.59 Å². The van der Waals surface area contributed by atoms with E-state index in [1.807, 2.05) is 27.7 Å². The number of carbonyl (C=O) groups excluding carboxylic acids is 2. The average molecular weight is 249 g/mol. The van der Waals surface area contributed by atoms with Gasteiger partial charge in [0.15, 0.2) is 0 Å². The lowest BCUT2D eigenvalue weighted by atomic mass is 9.78. The molecule has 0 saturated carbocycles. The van der Waals surface area contributed by atoms with Crippen molar-refractivity contribution < 1.29 is 9.59 Å². The third kappa shape index (κ3) is 1.57. The van der Waals surface area contributed by atoms with E-state index >= 15 is 0 Å². The van der Waals surface area contributed by atoms with Crippen LogP contribution in [0.1, 0.15) is 38.6 Å². The van der Waals surface area contributed by atoms with Gasteiger partial charge < -0.3 is 0 Å². The second-order valence-corrected chi connectivity index (χ2v) is 5.57. The molecule has 1 aromatic rings. The summed E-state index contributed by atoms with van der Waals surface area (Å²) in [5, 5.41) is 6.87. The fourth-order valence-corrected chi connectivity index (χ4v) is 2.39. The van der Waals surface area contributed by atoms with Gasteiger partial charge in [-0.15, -0.1) is 0 Å². The predicted molar refractivity (Wildman–Crippen MR) is 68.1 cm³/mol. The van der Waals surface area contributed by atoms with Crippen molar-refractivity contribution in [1.82, 2.24) is 10.2 Å². The standard InChI is InChI=1S/C13H19N3O2/c1-7(2)13(5)6-10(17)16(12(13)18)11-8(3)14-15-9(11)4/h7H,6H2,1-5H3,(H,14,15). The lowest BCUT2D eigenvalue weighted by molar-refractivity contribution is -0.126. The van der Waals surface area contributed by atoms with E-state index in [0.717, 1.165) is 5.69 Å². The van der Waals surface area contributed by atoms with Crippen LogP contribution in [0.25, 0.3) is 0 Å². The van der Waals surface area contributed by atoms with Crippen LogP contribution >= 0.6 is 0 Å². The van der Waals surface area contributed by atoms with E-state index in [2.05, 4.69) is 10.2 Å². The van der Waals surface area contributed by atoms with Crippen LogP contribution in [-0.2, 0) is 9.59 Å². The van der Waals surface area contributed by atoms with Crippen LogP contribution in [0.2, 0.25) is 0 Å². The Kier molecular flexibility index (Phi) is 2.80. The summed E-state index contributed by atoms with van der Waals surface area (Å²) in [5.74, 6) is -0.120. The Morgan fingerprint density at radius 2 is 1.94 bits per heavy atom. The van der Waals surface area contributed by atoms with Gasteiger partial charge in [0, 0.05) is 6.42 Å². The summed E-state index contributed by atoms with van der Waals surface area (Å²) in [7, 11) is 0. The molecule has 0 aliphatic carbocycles. The Morgan fingerprint density at radius 1 is 1.33 bits per heavy atom. The molecule has 5 heteroatoms. The number of hydrogen-bond acceptors (Lipinski definition) is 3. The lowest BCUT2D eigenvalue weighted by Gasteiger charge is -2.26. The van der Waals surface area contributed by atoms with Crippen molar-refractivity contribution in [3.63, 3.8) is 0 Å². The first-order chi connectivity index (χ1) is 8.29. The SMILES string of the molecule is Cc1n[nH]c(C)c1N1C(=O)CC(C)(C(C)C)C1=O. The number of anilines is 1. The number of aromatic amines is 1. The highest BCUT2D eigenvalue weighted by Crippen LogP contribution is 2.42. The second-order valence-electron chi connectivity index (χ2n) is 5.57. The average Bonchev–Trinajstić information content (AvgIpc) is 2.70. The fourth-order valence-electron chi connectivity index (χ4n) is 2.39. The third-order valence-corrected chi connectivity index (χ3v) is 4.05. The Bertz CT molecular complexity index is 499. The maximum absolute atomic E-state index is 12.5. The van der Waals surface area contributed by atoms with Crippen molar-refractivity contribution in [1.29, 1.82) is 0 Å². The zero-order valence-electron chi connectivity index (χ0n) is 11.5. The molecule has 0 radical (unpaired) electrons. The fraction of sp³-hybridized carbons (Fsp3) is 0.615. The van der Waals surface area contributed by atoms with Gasteiger partial charge >= 0.3 is 0 Å². The van der Waals surface area contributed by atoms with E-state index in [1.54, 1.807) is 6.92 Å². The highest BCUT2D eigenvalue weighted by atomic mass is 16.2. The van der Waals surface area contributed by atoms with E-state index in [-0.39, 0.29) is 24.2 Å². The molecular weight excluding hydrogens is 230 g/mol. The lowest BCUT2D eigenvalue weighted by Crippen LogP contribution is -2.37. The minimum atomic E-state index is -0.604. The second kappa shape index (κ2) is 3.93. The number of nitrogens with one attached hydrogen (secondary N) is 1. The number of aryl methyl sites for hydroxylation is 2. The predicted octanol–water partition coefficient (Wildman–Crippen LogP) is 1.95. The normalized spacial score (nSPS) is 24.4. The zero-order chi connectivity index (χ0) is 13.7. The molecule has 1 saturated heterocycles. The number of nitrogens with zero attached hydrogens (tertiary/aromatic N) is 2. The van der Waals surface area contributed by atoms with Gasteiger partial charge in [-0.1, -0.05) is 13.8 Å². The largest absolute Gasteiger partial charge is 0.280 e. The van der Waals surface area contributed by atoms with E-state index in [4.69, 9.17) is 0 Å². The summed E-state index contributed by atoms with van der Waals surface area (Å²) in [6.45, 7) is 9.43. The monoisotopic (exact) mass is 249 g/mol. The van der Waals surface area contributed by atoms with Crippen molar-refractivity contribution in [2.75, 3.05) is 4.90 Å². The number of amides is 2. The van der Waals surface area contributed by atoms with Gasteiger partial charge in [0.25, 0.3) is 0 Å². The van der Waals surface area contributed by atoms with Gasteiger partial charge in [0.05, 0.1) is 22.5 Å². The summed E-state index contributed by atoms with van der Waals surface area (Å²) < 4.78 is 0. The molecule has 1 unspecified atom stereocenters. The van der Waals surface area contributed by atoms with Crippen LogP contribution in [0.5, 0.6) is 0 Å². The number of rotatable bonds is 2. The van der Waals surface area contributed by atoms with E-state index in [0.29, 0.717) is 11.4 Å². The first-order valence-electron chi connectivity index (χ1n) is 6.18. The first kappa shape index (κ1) is 12.8. The van der Waals surface area contributed by atoms with Crippen molar-refractivity contribution in [3.8, 4) is 0 Å². The van der Waals surface area contributed by atoms with Crippen LogP contribution in [0.4, 0.5) is 5.69 Å². The number of hydrogen-bond donors (Lipinski definition) is 1. The molecule has 1 fully saturated rings. The van der Waals surface area contributed by atoms with Gasteiger partial charge in [-0.3, -0.25) is 14.7 Å². The maximum Gasteiger partial charge on any atom is 0.240 e. The van der Waals surface area contributed by atoms with Crippen molar-refractivity contribution in [3.05, 3.63) is 11.4 Å². The molecule has 5 nitrogen and oxygen atoms in total. The highest BCUT2D eigenvalue weighted by molar-refractivity contribution is 6.23. The topological polar surface area (TPSA) is 66.1 Å². The van der Waals surface area contributed by atoms with Crippen LogP contribution in [-0.4, -0.2) is 22.0 Å². The number of aromatic nitrogens is 2. The molecule has 2 heterocycles. The number of imide groups is 1. The van der Waals surface area contributed by atoms with Gasteiger partial charge in [-0.05, 0) is 26.7 Å². The maximum atomic E-state index is 12.5. The van der Waals surface area contributed by atoms with Gasteiger partial charge in [-0.25, -0.2) is 4.90 Å². The van der Waals surface area contributed by atoms with Crippen molar-refractivity contribution in [2.24, 2.45) is 11.3 Å². The third-order valence-electron chi connectivity index (χ3n) is 4.05. The molecule has 1 aromatic heterocycles. The molecule has 2 rings (SSSR count). The van der Waals surface area contributed by atoms with Crippen molar-refractivity contribution >= 4 is 17.5 Å². The van der Waals surface area contributed by atoms with Crippen LogP contribution in [0.15, 0.2) is 0 Å². The summed E-state index contributed by atoms with van der Waals surface area (Å²) in [6, 6.07) is 0. The van der Waals surface area contributed by atoms with Crippen molar-refractivity contribution in [2.45, 2.75) is 41.0 Å². The number of carbonyl (C=O) groups is 2. The summed E-state index contributed by atoms with van der Waals surface area (Å²) in [4.78, 5) is 26.0. The van der Waals surface area contributed by atoms with Crippen LogP contribution in [0.3, 0.4) is 0 Å². The molecule has 0 spiro atoms. The molecule has 1 aliphatic heterocycles. The van der Waals surface area contributed by atoms with E-state index in [1.165, 1.54) is 4.90 Å². The molecular formula is C13H19N3O2. The minimum absolute atomic E-state index is 0.116. The van der Waals surface area contributed by atoms with Crippen LogP contribution < -0.4 is 4.90 Å². The molecule has 0 bridgehead atoms. The Labute approximate surface area is 107 Å². The summed E-state index contributed by atoms with van der Waals surface area (Å²) in [5.41, 5.74) is 1.45. The first-order valence-corrected chi connectivity index (χ1v) is 6.18. The Hall–Kier alpha value is -1.65. The zero-order valence-corrected chi connectivity index (χ0v) is 11.5. The molecule has 18 heavy (non-hydrogen) atoms. The number of H-pyrrole nitrogens is 1. The van der Waals surface area contributed by atoms with Gasteiger partial charge in [-0.2, -0.15) is 5.10 Å². The summed E-state index contributed by atoms with van der Waals surface area (Å²) in [6.07, 6.45) is 0.271. The summed E-state index contributed by atoms with van der Waals surface area (Å²) >= 11 is 0. The highest BCUT2D eigenvalue weighted by Gasteiger charge is 2.51. The minimum Gasteiger partial charge on any atom is -0.280 e. The molecule has 1 aliphatic rings. The molecule has 98 valence electrons. The molecule has 0 aromatic carbocycles. The Morgan fingerprint density at radius 3 is 2.33 bits per heavy atom. The smallest absolute Gasteiger partial charge is 0.240 e. The van der Waals surface area contributed by atoms with E-state index < -0.39 is 5.41 Å². The quantitative estimate of drug-likeness (QED) is 0.815. The molecule has 2 amide bonds. The van der Waals surface area contributed by atoms with Crippen LogP contribution in [0, 0.1) is 25.2 Å². The Balaban J connectivity index is 2.49. The van der Waals surface area contributed by atoms with Gasteiger partial charge in [0.2, 0.25) is 11.8 Å². The molecule has 1 atom stereocenters. The van der Waals surface area contributed by atoms with Gasteiger partial charge in [0.1, 0.15) is 0 Å². The molecule has 1 N–H and O–H groups in total.